The maximum absolute atomic E-state index is 14.3. The third-order valence-electron chi connectivity index (χ3n) is 7.57. The number of halogens is 4. The van der Waals surface area contributed by atoms with E-state index in [2.05, 4.69) is 45.2 Å². The predicted octanol–water partition coefficient (Wildman–Crippen LogP) is 8.43. The highest BCUT2D eigenvalue weighted by atomic mass is 127. The fourth-order valence-electron chi connectivity index (χ4n) is 5.41. The van der Waals surface area contributed by atoms with Crippen LogP contribution >= 0.6 is 79.7 Å². The average Bonchev–Trinajstić information content (AvgIpc) is 3.40. The van der Waals surface area contributed by atoms with E-state index in [1.807, 2.05) is 85.8 Å². The Kier molecular flexibility index (Phi) is 11.5. The van der Waals surface area contributed by atoms with Crippen molar-refractivity contribution in [1.82, 2.24) is 4.57 Å². The lowest BCUT2D eigenvalue weighted by atomic mass is 9.93. The molecule has 1 aliphatic heterocycles. The van der Waals surface area contributed by atoms with Crippen LogP contribution in [-0.2, 0) is 16.1 Å². The summed E-state index contributed by atoms with van der Waals surface area (Å²) in [7, 11) is 0. The smallest absolute Gasteiger partial charge is 0.338 e. The highest BCUT2D eigenvalue weighted by Crippen LogP contribution is 2.36. The molecule has 5 aromatic rings. The van der Waals surface area contributed by atoms with E-state index in [0.29, 0.717) is 49.6 Å². The molecule has 1 atom stereocenters. The van der Waals surface area contributed by atoms with E-state index in [9.17, 15) is 9.59 Å². The zero-order valence-corrected chi connectivity index (χ0v) is 32.9. The van der Waals surface area contributed by atoms with E-state index in [-0.39, 0.29) is 12.2 Å². The van der Waals surface area contributed by atoms with Crippen molar-refractivity contribution in [2.75, 3.05) is 13.2 Å². The Bertz CT molecular complexity index is 2230. The minimum absolute atomic E-state index is 0.176. The average molecular weight is 937 g/mol. The van der Waals surface area contributed by atoms with E-state index < -0.39 is 12.0 Å². The predicted molar refractivity (Wildman–Crippen MR) is 211 cm³/mol. The maximum atomic E-state index is 14.3. The molecule has 6 rings (SSSR count). The lowest BCUT2D eigenvalue weighted by molar-refractivity contribution is -0.138. The summed E-state index contributed by atoms with van der Waals surface area (Å²) in [5, 5.41) is 0.961. The number of rotatable bonds is 10. The SMILES string of the molecule is CCOC(=O)C1=C(c2ccccc2)N=c2s/c(=C\c3cc(I)c(OCc4ccc(Cl)c(Cl)c4)c(I)c3)c(=O)n2[C@@H]1c1ccc(OCC)cc1. The third kappa shape index (κ3) is 7.78. The normalized spacial score (nSPS) is 14.3. The molecule has 0 bridgehead atoms. The van der Waals surface area contributed by atoms with Gasteiger partial charge in [-0.15, -0.1) is 0 Å². The highest BCUT2D eigenvalue weighted by molar-refractivity contribution is 14.1. The summed E-state index contributed by atoms with van der Waals surface area (Å²) in [6, 6.07) is 25.5. The zero-order chi connectivity index (χ0) is 34.7. The number of carbonyl (C=O) groups excluding carboxylic acids is 1. The van der Waals surface area contributed by atoms with Crippen LogP contribution in [0.1, 0.15) is 42.1 Å². The molecule has 1 aromatic heterocycles. The molecule has 2 heterocycles. The van der Waals surface area contributed by atoms with E-state index in [0.717, 1.165) is 35.1 Å². The first-order valence-corrected chi connectivity index (χ1v) is 19.0. The fraction of sp³-hybridized carbons (Fsp3) is 0.162. The van der Waals surface area contributed by atoms with Gasteiger partial charge in [0.15, 0.2) is 4.80 Å². The first-order valence-electron chi connectivity index (χ1n) is 15.3. The number of nitrogens with zero attached hydrogens (tertiary/aromatic N) is 2. The van der Waals surface area contributed by atoms with Gasteiger partial charge in [0.25, 0.3) is 5.56 Å². The Morgan fingerprint density at radius 3 is 2.29 bits per heavy atom. The van der Waals surface area contributed by atoms with E-state index in [4.69, 9.17) is 42.4 Å². The summed E-state index contributed by atoms with van der Waals surface area (Å²) < 4.78 is 21.3. The second-order valence-corrected chi connectivity index (χ2v) is 14.9. The summed E-state index contributed by atoms with van der Waals surface area (Å²) in [6.45, 7) is 4.69. The summed E-state index contributed by atoms with van der Waals surface area (Å²) >= 11 is 18.0. The van der Waals surface area contributed by atoms with Crippen LogP contribution < -0.4 is 24.4 Å². The van der Waals surface area contributed by atoms with E-state index in [1.165, 1.54) is 11.3 Å². The van der Waals surface area contributed by atoms with Crippen LogP contribution in [0.4, 0.5) is 0 Å². The van der Waals surface area contributed by atoms with Crippen molar-refractivity contribution in [3.63, 3.8) is 0 Å². The van der Waals surface area contributed by atoms with Gasteiger partial charge in [0.2, 0.25) is 0 Å². The lowest BCUT2D eigenvalue weighted by Crippen LogP contribution is -2.40. The number of ether oxygens (including phenoxy) is 3. The Balaban J connectivity index is 1.46. The number of benzene rings is 4. The van der Waals surface area contributed by atoms with Crippen LogP contribution in [0.2, 0.25) is 10.0 Å². The van der Waals surface area contributed by atoms with Crippen LogP contribution in [0.15, 0.2) is 100 Å². The zero-order valence-electron chi connectivity index (χ0n) is 26.2. The number of carbonyl (C=O) groups is 1. The molecular formula is C37H28Cl2I2N2O5S. The minimum atomic E-state index is -0.777. The van der Waals surface area contributed by atoms with Crippen molar-refractivity contribution >= 4 is 97.5 Å². The lowest BCUT2D eigenvalue weighted by Gasteiger charge is -2.26. The molecule has 0 saturated heterocycles. The van der Waals surface area contributed by atoms with Crippen LogP contribution in [0.5, 0.6) is 11.5 Å². The van der Waals surface area contributed by atoms with Gasteiger partial charge in [-0.3, -0.25) is 9.36 Å². The van der Waals surface area contributed by atoms with Crippen LogP contribution in [0.25, 0.3) is 11.8 Å². The largest absolute Gasteiger partial charge is 0.494 e. The Hall–Kier alpha value is -3.17. The van der Waals surface area contributed by atoms with Crippen molar-refractivity contribution in [3.05, 3.63) is 150 Å². The second-order valence-electron chi connectivity index (χ2n) is 10.8. The molecule has 0 fully saturated rings. The summed E-state index contributed by atoms with van der Waals surface area (Å²) in [4.78, 5) is 33.5. The maximum Gasteiger partial charge on any atom is 0.338 e. The van der Waals surface area contributed by atoms with Gasteiger partial charge in [-0.25, -0.2) is 9.79 Å². The number of fused-ring (bicyclic) bond motifs is 1. The fourth-order valence-corrected chi connectivity index (χ4v) is 8.86. The van der Waals surface area contributed by atoms with Crippen LogP contribution in [0.3, 0.4) is 0 Å². The van der Waals surface area contributed by atoms with Crippen molar-refractivity contribution < 1.29 is 19.0 Å². The van der Waals surface area contributed by atoms with Gasteiger partial charge < -0.3 is 14.2 Å². The van der Waals surface area contributed by atoms with Gasteiger partial charge in [-0.2, -0.15) is 0 Å². The molecule has 0 saturated carbocycles. The Morgan fingerprint density at radius 1 is 0.918 bits per heavy atom. The molecule has 0 unspecified atom stereocenters. The number of hydrogen-bond acceptors (Lipinski definition) is 7. The minimum Gasteiger partial charge on any atom is -0.494 e. The summed E-state index contributed by atoms with van der Waals surface area (Å²) in [5.41, 5.74) is 3.70. The Labute approximate surface area is 324 Å². The van der Waals surface area contributed by atoms with Gasteiger partial charge in [0.05, 0.1) is 52.2 Å². The molecule has 4 aromatic carbocycles. The number of thiazole rings is 1. The second kappa shape index (κ2) is 15.8. The van der Waals surface area contributed by atoms with Crippen LogP contribution in [0, 0.1) is 7.14 Å². The van der Waals surface area contributed by atoms with Gasteiger partial charge in [0, 0.05) is 5.56 Å². The van der Waals surface area contributed by atoms with Gasteiger partial charge in [-0.05, 0) is 118 Å². The molecule has 0 aliphatic carbocycles. The molecule has 12 heteroatoms. The molecule has 7 nitrogen and oxygen atoms in total. The first kappa shape index (κ1) is 35.6. The summed E-state index contributed by atoms with van der Waals surface area (Å²) in [6.07, 6.45) is 1.85. The molecular weight excluding hydrogens is 909 g/mol. The first-order chi connectivity index (χ1) is 23.7. The Morgan fingerprint density at radius 2 is 1.63 bits per heavy atom. The third-order valence-corrected chi connectivity index (χ3v) is 10.9. The van der Waals surface area contributed by atoms with Gasteiger partial charge in [0.1, 0.15) is 18.1 Å². The molecule has 0 radical (unpaired) electrons. The quantitative estimate of drug-likeness (QED) is 0.104. The molecule has 0 N–H and O–H groups in total. The molecule has 250 valence electrons. The standard InChI is InChI=1S/C37H28Cl2I2N2O5S/c1-3-46-25-13-11-24(12-14-25)33-31(36(45)47-4-2)32(23-8-6-5-7-9-23)42-37-43(33)35(44)30(49-37)19-22-17-28(40)34(29(41)18-22)48-20-21-10-15-26(38)27(39)16-21/h5-19,33H,3-4,20H2,1-2H3/b30-19-/t33-/m1/s1. The van der Waals surface area contributed by atoms with Crippen molar-refractivity contribution in [2.45, 2.75) is 26.5 Å². The molecule has 49 heavy (non-hydrogen) atoms. The topological polar surface area (TPSA) is 79.1 Å². The van der Waals surface area contributed by atoms with E-state index >= 15 is 0 Å². The molecule has 0 amide bonds. The van der Waals surface area contributed by atoms with Crippen molar-refractivity contribution in [3.8, 4) is 11.5 Å². The van der Waals surface area contributed by atoms with Gasteiger partial charge in [-0.1, -0.05) is 83.1 Å². The van der Waals surface area contributed by atoms with Crippen molar-refractivity contribution in [2.24, 2.45) is 4.99 Å². The van der Waals surface area contributed by atoms with Crippen molar-refractivity contribution in [1.29, 1.82) is 0 Å². The molecule has 1 aliphatic rings. The number of hydrogen-bond donors (Lipinski definition) is 0. The number of aromatic nitrogens is 1. The van der Waals surface area contributed by atoms with E-state index in [1.54, 1.807) is 23.6 Å². The highest BCUT2D eigenvalue weighted by Gasteiger charge is 2.35. The summed E-state index contributed by atoms with van der Waals surface area (Å²) in [5.74, 6) is 0.893. The number of esters is 1. The van der Waals surface area contributed by atoms with Crippen LogP contribution in [-0.4, -0.2) is 23.8 Å². The monoisotopic (exact) mass is 936 g/mol. The van der Waals surface area contributed by atoms with Gasteiger partial charge >= 0.3 is 5.97 Å². The molecule has 0 spiro atoms.